The van der Waals surface area contributed by atoms with Gasteiger partial charge in [0.15, 0.2) is 0 Å². The first-order valence-electron chi connectivity index (χ1n) is 5.31. The molecule has 1 aromatic carbocycles. The van der Waals surface area contributed by atoms with E-state index in [9.17, 15) is 8.78 Å². The third-order valence-electron chi connectivity index (χ3n) is 2.47. The molecule has 0 saturated heterocycles. The maximum absolute atomic E-state index is 13.5. The third-order valence-corrected chi connectivity index (χ3v) is 2.93. The highest BCUT2D eigenvalue weighted by atomic mass is 79.9. The van der Waals surface area contributed by atoms with Crippen molar-refractivity contribution < 1.29 is 8.78 Å². The minimum atomic E-state index is -0.580. The molecule has 1 rings (SSSR count). The Balaban J connectivity index is 0.00000256. The van der Waals surface area contributed by atoms with Gasteiger partial charge in [-0.1, -0.05) is 29.8 Å². The molecule has 0 spiro atoms. The molecule has 1 aromatic rings. The maximum atomic E-state index is 13.5. The molecule has 0 aliphatic carbocycles. The maximum Gasteiger partial charge on any atom is 0.132 e. The van der Waals surface area contributed by atoms with Gasteiger partial charge in [-0.2, -0.15) is 0 Å². The number of hydrogen-bond acceptors (Lipinski definition) is 1. The molecule has 0 aliphatic heterocycles. The summed E-state index contributed by atoms with van der Waals surface area (Å²) in [6, 6.07) is 1.91. The first-order chi connectivity index (χ1) is 7.41. The lowest BCUT2D eigenvalue weighted by Crippen LogP contribution is -2.15. The highest BCUT2D eigenvalue weighted by Gasteiger charge is 2.17. The van der Waals surface area contributed by atoms with Crippen molar-refractivity contribution in [1.29, 1.82) is 0 Å². The molecule has 2 N–H and O–H groups in total. The zero-order chi connectivity index (χ0) is 12.3. The number of halogens is 4. The van der Waals surface area contributed by atoms with Gasteiger partial charge in [0.05, 0.1) is 0 Å². The van der Waals surface area contributed by atoms with Gasteiger partial charge in [-0.25, -0.2) is 8.78 Å². The minimum absolute atomic E-state index is 0. The Morgan fingerprint density at radius 2 is 1.65 bits per heavy atom. The van der Waals surface area contributed by atoms with E-state index in [4.69, 9.17) is 5.73 Å². The second kappa shape index (κ2) is 7.29. The third kappa shape index (κ3) is 4.90. The summed E-state index contributed by atoms with van der Waals surface area (Å²) in [5.41, 5.74) is 5.79. The van der Waals surface area contributed by atoms with Gasteiger partial charge in [0, 0.05) is 16.1 Å². The first-order valence-corrected chi connectivity index (χ1v) is 6.11. The van der Waals surface area contributed by atoms with Crippen molar-refractivity contribution in [3.05, 3.63) is 33.8 Å². The number of nitrogens with two attached hydrogens (primary N) is 1. The van der Waals surface area contributed by atoms with Gasteiger partial charge in [0.2, 0.25) is 0 Å². The van der Waals surface area contributed by atoms with Crippen LogP contribution in [0.5, 0.6) is 0 Å². The van der Waals surface area contributed by atoms with Crippen molar-refractivity contribution in [2.75, 3.05) is 0 Å². The van der Waals surface area contributed by atoms with Crippen molar-refractivity contribution in [2.24, 2.45) is 11.7 Å². The molecule has 0 aliphatic rings. The van der Waals surface area contributed by atoms with E-state index in [2.05, 4.69) is 29.8 Å². The lowest BCUT2D eigenvalue weighted by molar-refractivity contribution is 0.468. The summed E-state index contributed by atoms with van der Waals surface area (Å²) in [6.45, 7) is 4.11. The summed E-state index contributed by atoms with van der Waals surface area (Å²) in [5.74, 6) is -0.682. The Morgan fingerprint density at radius 3 is 2.06 bits per heavy atom. The Hall–Kier alpha value is -0.190. The predicted molar refractivity (Wildman–Crippen MR) is 72.3 cm³/mol. The summed E-state index contributed by atoms with van der Waals surface area (Å²) in [4.78, 5) is 0. The molecule has 0 amide bonds. The van der Waals surface area contributed by atoms with Crippen molar-refractivity contribution in [2.45, 2.75) is 32.7 Å². The van der Waals surface area contributed by atoms with E-state index in [0.29, 0.717) is 16.8 Å². The monoisotopic (exact) mass is 327 g/mol. The zero-order valence-corrected chi connectivity index (χ0v) is 12.2. The average Bonchev–Trinajstić information content (AvgIpc) is 2.12. The highest BCUT2D eigenvalue weighted by Crippen LogP contribution is 2.26. The normalized spacial score (nSPS) is 12.4. The molecule has 0 aromatic heterocycles. The van der Waals surface area contributed by atoms with Crippen LogP contribution in [0.2, 0.25) is 0 Å². The summed E-state index contributed by atoms with van der Waals surface area (Å²) in [5, 5.41) is 0. The Morgan fingerprint density at radius 1 is 1.18 bits per heavy atom. The fourth-order valence-corrected chi connectivity index (χ4v) is 1.97. The summed E-state index contributed by atoms with van der Waals surface area (Å²) >= 11 is 3.04. The van der Waals surface area contributed by atoms with Gasteiger partial charge in [-0.15, -0.1) is 12.4 Å². The van der Waals surface area contributed by atoms with Crippen LogP contribution in [0.25, 0.3) is 0 Å². The molecule has 5 heteroatoms. The standard InChI is InChI=1S/C12H16BrF2N.ClH/c1-7(2)3-4-11(16)12-9(14)5-8(13)6-10(12)15;/h5-7,11H,3-4,16H2,1-2H3;1H/t11-;/m0./s1. The molecule has 98 valence electrons. The fourth-order valence-electron chi connectivity index (χ4n) is 1.56. The number of hydrogen-bond donors (Lipinski definition) is 1. The van der Waals surface area contributed by atoms with Crippen molar-refractivity contribution in [1.82, 2.24) is 0 Å². The van der Waals surface area contributed by atoms with E-state index in [1.165, 1.54) is 12.1 Å². The van der Waals surface area contributed by atoms with Crippen molar-refractivity contribution in [3.8, 4) is 0 Å². The minimum Gasteiger partial charge on any atom is -0.324 e. The van der Waals surface area contributed by atoms with Gasteiger partial charge in [0.25, 0.3) is 0 Å². The molecular formula is C12H17BrClF2N. The van der Waals surface area contributed by atoms with Crippen LogP contribution in [0.15, 0.2) is 16.6 Å². The van der Waals surface area contributed by atoms with Crippen LogP contribution in [0.4, 0.5) is 8.78 Å². The molecule has 1 nitrogen and oxygen atoms in total. The summed E-state index contributed by atoms with van der Waals surface area (Å²) in [7, 11) is 0. The number of rotatable bonds is 4. The van der Waals surface area contributed by atoms with Crippen LogP contribution in [-0.4, -0.2) is 0 Å². The Labute approximate surface area is 115 Å². The Bertz CT molecular complexity index is 349. The largest absolute Gasteiger partial charge is 0.324 e. The topological polar surface area (TPSA) is 26.0 Å². The van der Waals surface area contributed by atoms with Crippen molar-refractivity contribution in [3.63, 3.8) is 0 Å². The van der Waals surface area contributed by atoms with Crippen LogP contribution in [-0.2, 0) is 0 Å². The molecule has 1 atom stereocenters. The van der Waals surface area contributed by atoms with Gasteiger partial charge in [-0.3, -0.25) is 0 Å². The average molecular weight is 329 g/mol. The molecule has 0 heterocycles. The lowest BCUT2D eigenvalue weighted by Gasteiger charge is -2.15. The first kappa shape index (κ1) is 16.8. The quantitative estimate of drug-likeness (QED) is 0.860. The van der Waals surface area contributed by atoms with Crippen LogP contribution in [0.3, 0.4) is 0 Å². The van der Waals surface area contributed by atoms with Crippen LogP contribution >= 0.6 is 28.3 Å². The smallest absolute Gasteiger partial charge is 0.132 e. The highest BCUT2D eigenvalue weighted by molar-refractivity contribution is 9.10. The molecule has 0 saturated carbocycles. The zero-order valence-electron chi connectivity index (χ0n) is 9.84. The summed E-state index contributed by atoms with van der Waals surface area (Å²) < 4.78 is 27.5. The second-order valence-corrected chi connectivity index (χ2v) is 5.28. The van der Waals surface area contributed by atoms with E-state index in [-0.39, 0.29) is 18.0 Å². The van der Waals surface area contributed by atoms with Crippen LogP contribution in [0, 0.1) is 17.6 Å². The lowest BCUT2D eigenvalue weighted by atomic mass is 9.97. The van der Waals surface area contributed by atoms with Gasteiger partial charge in [0.1, 0.15) is 11.6 Å². The van der Waals surface area contributed by atoms with Gasteiger partial charge in [-0.05, 0) is 30.9 Å². The summed E-state index contributed by atoms with van der Waals surface area (Å²) in [6.07, 6.45) is 1.45. The molecule has 0 bridgehead atoms. The van der Waals surface area contributed by atoms with Gasteiger partial charge >= 0.3 is 0 Å². The Kier molecular flexibility index (Phi) is 7.21. The molecule has 0 unspecified atom stereocenters. The SMILES string of the molecule is CC(C)CC[C@H](N)c1c(F)cc(Br)cc1F.Cl. The van der Waals surface area contributed by atoms with E-state index in [1.54, 1.807) is 0 Å². The molecular weight excluding hydrogens is 311 g/mol. The van der Waals surface area contributed by atoms with E-state index in [1.807, 2.05) is 0 Å². The van der Waals surface area contributed by atoms with Crippen molar-refractivity contribution >= 4 is 28.3 Å². The predicted octanol–water partition coefficient (Wildman–Crippen LogP) is 4.59. The van der Waals surface area contributed by atoms with Crippen LogP contribution in [0.1, 0.15) is 38.3 Å². The molecule has 0 radical (unpaired) electrons. The second-order valence-electron chi connectivity index (χ2n) is 4.36. The molecule has 0 fully saturated rings. The van der Waals surface area contributed by atoms with E-state index in [0.717, 1.165) is 6.42 Å². The van der Waals surface area contributed by atoms with Crippen LogP contribution < -0.4 is 5.73 Å². The number of benzene rings is 1. The molecule has 17 heavy (non-hydrogen) atoms. The van der Waals surface area contributed by atoms with E-state index >= 15 is 0 Å². The van der Waals surface area contributed by atoms with Gasteiger partial charge < -0.3 is 5.73 Å². The van der Waals surface area contributed by atoms with E-state index < -0.39 is 17.7 Å². The fraction of sp³-hybridized carbons (Fsp3) is 0.500.